The highest BCUT2D eigenvalue weighted by molar-refractivity contribution is 5.74. The Kier molecular flexibility index (Phi) is 3.82. The minimum Gasteiger partial charge on any atom is -0.325 e. The lowest BCUT2D eigenvalue weighted by atomic mass is 10.00. The Morgan fingerprint density at radius 2 is 2.14 bits per heavy atom. The second kappa shape index (κ2) is 4.90. The fourth-order valence-corrected chi connectivity index (χ4v) is 1.53. The van der Waals surface area contributed by atoms with Gasteiger partial charge in [-0.3, -0.25) is 0 Å². The van der Waals surface area contributed by atoms with E-state index in [1.165, 1.54) is 0 Å². The zero-order valence-electron chi connectivity index (χ0n) is 8.92. The summed E-state index contributed by atoms with van der Waals surface area (Å²) in [7, 11) is 0. The molecular formula is C11H18N2O. The predicted octanol–water partition coefficient (Wildman–Crippen LogP) is 1.45. The van der Waals surface area contributed by atoms with Crippen LogP contribution in [0.1, 0.15) is 26.7 Å². The van der Waals surface area contributed by atoms with Crippen molar-refractivity contribution in [2.45, 2.75) is 32.7 Å². The van der Waals surface area contributed by atoms with Crippen LogP contribution >= 0.6 is 0 Å². The second-order valence-corrected chi connectivity index (χ2v) is 4.01. The molecule has 1 rings (SSSR count). The quantitative estimate of drug-likeness (QED) is 0.630. The van der Waals surface area contributed by atoms with Gasteiger partial charge in [0.25, 0.3) is 0 Å². The van der Waals surface area contributed by atoms with Crippen LogP contribution in [-0.2, 0) is 0 Å². The molecule has 0 spiro atoms. The number of terminal acetylenes is 1. The highest BCUT2D eigenvalue weighted by Crippen LogP contribution is 2.15. The molecule has 1 atom stereocenters. The Balaban J connectivity index is 2.35. The lowest BCUT2D eigenvalue weighted by Gasteiger charge is -2.30. The standard InChI is InChI=1S/C11H18N2O/c1-4-10(3)12-11(14)13-7-5-9(2)6-8-13/h1,9-10H,5-8H2,2-3H3,(H,12,14). The van der Waals surface area contributed by atoms with E-state index >= 15 is 0 Å². The van der Waals surface area contributed by atoms with Crippen molar-refractivity contribution >= 4 is 6.03 Å². The van der Waals surface area contributed by atoms with E-state index < -0.39 is 0 Å². The van der Waals surface area contributed by atoms with Crippen molar-refractivity contribution in [3.05, 3.63) is 0 Å². The first-order chi connectivity index (χ1) is 6.63. The molecule has 3 heteroatoms. The van der Waals surface area contributed by atoms with Crippen LogP contribution in [0.15, 0.2) is 0 Å². The van der Waals surface area contributed by atoms with Crippen molar-refractivity contribution in [2.24, 2.45) is 5.92 Å². The number of nitrogens with one attached hydrogen (secondary N) is 1. The Bertz CT molecular complexity index is 236. The summed E-state index contributed by atoms with van der Waals surface area (Å²) in [6.45, 7) is 5.73. The van der Waals surface area contributed by atoms with Gasteiger partial charge < -0.3 is 10.2 Å². The van der Waals surface area contributed by atoms with E-state index in [9.17, 15) is 4.79 Å². The van der Waals surface area contributed by atoms with E-state index in [-0.39, 0.29) is 12.1 Å². The number of piperidine rings is 1. The van der Waals surface area contributed by atoms with Crippen molar-refractivity contribution in [1.29, 1.82) is 0 Å². The van der Waals surface area contributed by atoms with Gasteiger partial charge in [0.2, 0.25) is 0 Å². The zero-order valence-corrected chi connectivity index (χ0v) is 8.92. The molecule has 14 heavy (non-hydrogen) atoms. The predicted molar refractivity (Wildman–Crippen MR) is 56.8 cm³/mol. The van der Waals surface area contributed by atoms with Crippen LogP contribution in [0.5, 0.6) is 0 Å². The van der Waals surface area contributed by atoms with Crippen LogP contribution in [0.2, 0.25) is 0 Å². The number of carbonyl (C=O) groups excluding carboxylic acids is 1. The molecule has 3 nitrogen and oxygen atoms in total. The summed E-state index contributed by atoms with van der Waals surface area (Å²) in [6.07, 6.45) is 7.38. The van der Waals surface area contributed by atoms with E-state index in [0.29, 0.717) is 0 Å². The van der Waals surface area contributed by atoms with E-state index in [0.717, 1.165) is 31.8 Å². The third-order valence-corrected chi connectivity index (χ3v) is 2.66. The highest BCUT2D eigenvalue weighted by Gasteiger charge is 2.20. The third kappa shape index (κ3) is 2.95. The van der Waals surface area contributed by atoms with Gasteiger partial charge in [0, 0.05) is 13.1 Å². The first kappa shape index (κ1) is 10.9. The maximum atomic E-state index is 11.6. The van der Waals surface area contributed by atoms with Crippen molar-refractivity contribution in [3.8, 4) is 12.3 Å². The van der Waals surface area contributed by atoms with Gasteiger partial charge >= 0.3 is 6.03 Å². The molecule has 0 aromatic carbocycles. The molecule has 1 aliphatic heterocycles. The Morgan fingerprint density at radius 1 is 1.57 bits per heavy atom. The van der Waals surface area contributed by atoms with Crippen molar-refractivity contribution in [1.82, 2.24) is 10.2 Å². The maximum absolute atomic E-state index is 11.6. The normalized spacial score (nSPS) is 19.9. The molecule has 0 aliphatic carbocycles. The zero-order chi connectivity index (χ0) is 10.6. The first-order valence-corrected chi connectivity index (χ1v) is 5.15. The van der Waals surface area contributed by atoms with Crippen molar-refractivity contribution < 1.29 is 4.79 Å². The fourth-order valence-electron chi connectivity index (χ4n) is 1.53. The number of amides is 2. The largest absolute Gasteiger partial charge is 0.325 e. The Morgan fingerprint density at radius 3 is 2.64 bits per heavy atom. The van der Waals surface area contributed by atoms with Crippen molar-refractivity contribution in [2.75, 3.05) is 13.1 Å². The first-order valence-electron chi connectivity index (χ1n) is 5.15. The van der Waals surface area contributed by atoms with E-state index in [1.54, 1.807) is 0 Å². The lowest BCUT2D eigenvalue weighted by Crippen LogP contribution is -2.46. The van der Waals surface area contributed by atoms with Gasteiger partial charge in [0.15, 0.2) is 0 Å². The molecule has 1 N–H and O–H groups in total. The number of rotatable bonds is 1. The number of hydrogen-bond donors (Lipinski definition) is 1. The summed E-state index contributed by atoms with van der Waals surface area (Å²) >= 11 is 0. The van der Waals surface area contributed by atoms with Crippen molar-refractivity contribution in [3.63, 3.8) is 0 Å². The molecule has 0 bridgehead atoms. The average molecular weight is 194 g/mol. The summed E-state index contributed by atoms with van der Waals surface area (Å²) in [5.41, 5.74) is 0. The number of urea groups is 1. The fraction of sp³-hybridized carbons (Fsp3) is 0.727. The van der Waals surface area contributed by atoms with Gasteiger partial charge in [0.1, 0.15) is 0 Å². The maximum Gasteiger partial charge on any atom is 0.318 e. The summed E-state index contributed by atoms with van der Waals surface area (Å²) in [5.74, 6) is 3.22. The summed E-state index contributed by atoms with van der Waals surface area (Å²) in [6, 6.07) is -0.204. The van der Waals surface area contributed by atoms with Gasteiger partial charge in [-0.15, -0.1) is 6.42 Å². The van der Waals surface area contributed by atoms with E-state index in [1.807, 2.05) is 11.8 Å². The number of carbonyl (C=O) groups is 1. The summed E-state index contributed by atoms with van der Waals surface area (Å²) in [5, 5.41) is 2.76. The van der Waals surface area contributed by atoms with Gasteiger partial charge in [-0.2, -0.15) is 0 Å². The van der Waals surface area contributed by atoms with Crippen LogP contribution in [0.4, 0.5) is 4.79 Å². The SMILES string of the molecule is C#CC(C)NC(=O)N1CCC(C)CC1. The molecular weight excluding hydrogens is 176 g/mol. The minimum atomic E-state index is -0.179. The number of nitrogens with zero attached hydrogens (tertiary/aromatic N) is 1. The van der Waals surface area contributed by atoms with Crippen LogP contribution in [0, 0.1) is 18.3 Å². The third-order valence-electron chi connectivity index (χ3n) is 2.66. The second-order valence-electron chi connectivity index (χ2n) is 4.01. The van der Waals surface area contributed by atoms with Crippen LogP contribution in [-0.4, -0.2) is 30.1 Å². The monoisotopic (exact) mass is 194 g/mol. The molecule has 78 valence electrons. The van der Waals surface area contributed by atoms with Gasteiger partial charge in [-0.1, -0.05) is 12.8 Å². The van der Waals surface area contributed by atoms with Gasteiger partial charge in [0.05, 0.1) is 6.04 Å². The number of likely N-dealkylation sites (tertiary alicyclic amines) is 1. The van der Waals surface area contributed by atoms with E-state index in [4.69, 9.17) is 6.42 Å². The number of hydrogen-bond acceptors (Lipinski definition) is 1. The summed E-state index contributed by atoms with van der Waals surface area (Å²) < 4.78 is 0. The Labute approximate surface area is 85.9 Å². The minimum absolute atomic E-state index is 0.0256. The van der Waals surface area contributed by atoms with Gasteiger partial charge in [-0.05, 0) is 25.7 Å². The average Bonchev–Trinajstić information content (AvgIpc) is 2.18. The lowest BCUT2D eigenvalue weighted by molar-refractivity contribution is 0.173. The Hall–Kier alpha value is -1.17. The smallest absolute Gasteiger partial charge is 0.318 e. The molecule has 1 saturated heterocycles. The topological polar surface area (TPSA) is 32.3 Å². The van der Waals surface area contributed by atoms with Crippen LogP contribution in [0.25, 0.3) is 0 Å². The van der Waals surface area contributed by atoms with Crippen LogP contribution < -0.4 is 5.32 Å². The van der Waals surface area contributed by atoms with Gasteiger partial charge in [-0.25, -0.2) is 4.79 Å². The van der Waals surface area contributed by atoms with Crippen LogP contribution in [0.3, 0.4) is 0 Å². The summed E-state index contributed by atoms with van der Waals surface area (Å²) in [4.78, 5) is 13.4. The molecule has 0 radical (unpaired) electrons. The molecule has 0 saturated carbocycles. The molecule has 1 fully saturated rings. The molecule has 1 aliphatic rings. The molecule has 2 amide bonds. The molecule has 1 heterocycles. The molecule has 0 aromatic heterocycles. The molecule has 0 aromatic rings. The molecule has 1 unspecified atom stereocenters. The highest BCUT2D eigenvalue weighted by atomic mass is 16.2. The van der Waals surface area contributed by atoms with E-state index in [2.05, 4.69) is 18.2 Å².